The number of carbonyl (C=O) groups excluding carboxylic acids is 1. The number of amidine groups is 2. The Bertz CT molecular complexity index is 1260. The van der Waals surface area contributed by atoms with Crippen molar-refractivity contribution in [3.63, 3.8) is 0 Å². The topological polar surface area (TPSA) is 74.3 Å². The van der Waals surface area contributed by atoms with Crippen molar-refractivity contribution in [3.05, 3.63) is 88.6 Å². The van der Waals surface area contributed by atoms with Gasteiger partial charge in [-0.3, -0.25) is 15.1 Å². The molecular weight excluding hydrogens is 418 g/mol. The van der Waals surface area contributed by atoms with Gasteiger partial charge in [0.05, 0.1) is 17.0 Å². The fraction of sp³-hybridized carbons (Fsp3) is 0. The highest BCUT2D eigenvalue weighted by atomic mass is 35.5. The summed E-state index contributed by atoms with van der Waals surface area (Å²) in [5.41, 5.74) is 3.36. The van der Waals surface area contributed by atoms with Gasteiger partial charge in [-0.2, -0.15) is 10.1 Å². The molecule has 0 fully saturated rings. The van der Waals surface area contributed by atoms with Crippen LogP contribution < -0.4 is 0 Å². The van der Waals surface area contributed by atoms with E-state index in [1.165, 1.54) is 11.8 Å². The summed E-state index contributed by atoms with van der Waals surface area (Å²) in [6, 6.07) is 17.1. The van der Waals surface area contributed by atoms with Crippen LogP contribution in [0.2, 0.25) is 5.02 Å². The van der Waals surface area contributed by atoms with E-state index in [2.05, 4.69) is 4.99 Å². The smallest absolute Gasteiger partial charge is 0.283 e. The Kier molecular flexibility index (Phi) is 4.61. The Hall–Kier alpha value is -3.42. The third-order valence-electron chi connectivity index (χ3n) is 4.69. The number of nitrogens with one attached hydrogen (secondary N) is 1. The van der Waals surface area contributed by atoms with Crippen molar-refractivity contribution in [2.75, 3.05) is 0 Å². The van der Waals surface area contributed by atoms with E-state index in [0.717, 1.165) is 11.3 Å². The Morgan fingerprint density at radius 1 is 1.07 bits per heavy atom. The maximum Gasteiger partial charge on any atom is 0.283 e. The second-order valence-electron chi connectivity index (χ2n) is 6.60. The minimum absolute atomic E-state index is 0.0979. The van der Waals surface area contributed by atoms with Crippen LogP contribution in [0.5, 0.6) is 0 Å². The van der Waals surface area contributed by atoms with Crippen molar-refractivity contribution >= 4 is 46.3 Å². The second-order valence-corrected chi connectivity index (χ2v) is 7.91. The van der Waals surface area contributed by atoms with Crippen LogP contribution in [-0.2, 0) is 4.79 Å². The largest absolute Gasteiger partial charge is 0.283 e. The SMILES string of the molecule is N=C1/C(=C/c2cn(-c3ccccc3)nc2-c2ccc(Cl)cc2)C(=O)N=C2SC=CN12. The lowest BCUT2D eigenvalue weighted by molar-refractivity contribution is -0.114. The molecule has 146 valence electrons. The average molecular weight is 432 g/mol. The Labute approximate surface area is 181 Å². The first kappa shape index (κ1) is 18.6. The highest BCUT2D eigenvalue weighted by molar-refractivity contribution is 8.16. The summed E-state index contributed by atoms with van der Waals surface area (Å²) in [6.07, 6.45) is 5.26. The zero-order valence-electron chi connectivity index (χ0n) is 15.5. The quantitative estimate of drug-likeness (QED) is 0.594. The van der Waals surface area contributed by atoms with Gasteiger partial charge >= 0.3 is 0 Å². The molecule has 2 aliphatic heterocycles. The highest BCUT2D eigenvalue weighted by Crippen LogP contribution is 2.30. The summed E-state index contributed by atoms with van der Waals surface area (Å²) in [5, 5.41) is 16.1. The molecule has 8 heteroatoms. The number of fused-ring (bicyclic) bond motifs is 1. The number of para-hydroxylation sites is 1. The molecule has 1 amide bonds. The fourth-order valence-corrected chi connectivity index (χ4v) is 4.06. The molecule has 30 heavy (non-hydrogen) atoms. The number of halogens is 1. The second kappa shape index (κ2) is 7.44. The molecular formula is C22H14ClN5OS. The van der Waals surface area contributed by atoms with Gasteiger partial charge in [0.2, 0.25) is 0 Å². The first-order valence-electron chi connectivity index (χ1n) is 9.07. The number of thioether (sulfide) groups is 1. The number of benzene rings is 2. The van der Waals surface area contributed by atoms with Gasteiger partial charge in [0, 0.05) is 28.5 Å². The number of aliphatic imine (C=N–C) groups is 1. The number of hydrogen-bond acceptors (Lipinski definition) is 4. The molecule has 2 aromatic carbocycles. The number of amides is 1. The van der Waals surface area contributed by atoms with E-state index < -0.39 is 5.91 Å². The summed E-state index contributed by atoms with van der Waals surface area (Å²) >= 11 is 7.37. The lowest BCUT2D eigenvalue weighted by atomic mass is 10.0. The monoisotopic (exact) mass is 431 g/mol. The van der Waals surface area contributed by atoms with Gasteiger partial charge in [-0.25, -0.2) is 4.68 Å². The molecule has 1 aromatic heterocycles. The Morgan fingerprint density at radius 2 is 1.83 bits per heavy atom. The van der Waals surface area contributed by atoms with E-state index in [-0.39, 0.29) is 11.4 Å². The molecule has 6 nitrogen and oxygen atoms in total. The third-order valence-corrected chi connectivity index (χ3v) is 5.70. The maximum absolute atomic E-state index is 12.6. The van der Waals surface area contributed by atoms with Gasteiger partial charge in [0.15, 0.2) is 5.17 Å². The lowest BCUT2D eigenvalue weighted by Gasteiger charge is -2.22. The van der Waals surface area contributed by atoms with Crippen molar-refractivity contribution in [3.8, 4) is 16.9 Å². The molecule has 2 aliphatic rings. The van der Waals surface area contributed by atoms with E-state index in [4.69, 9.17) is 22.1 Å². The van der Waals surface area contributed by atoms with Crippen LogP contribution in [0.3, 0.4) is 0 Å². The van der Waals surface area contributed by atoms with Gasteiger partial charge in [0.25, 0.3) is 5.91 Å². The first-order chi connectivity index (χ1) is 14.6. The van der Waals surface area contributed by atoms with Crippen LogP contribution in [0, 0.1) is 5.41 Å². The Balaban J connectivity index is 1.65. The molecule has 0 saturated heterocycles. The van der Waals surface area contributed by atoms with Crippen molar-refractivity contribution in [2.45, 2.75) is 0 Å². The number of carbonyl (C=O) groups is 1. The number of nitrogens with zero attached hydrogens (tertiary/aromatic N) is 4. The van der Waals surface area contributed by atoms with Gasteiger partial charge in [-0.1, -0.05) is 53.7 Å². The predicted octanol–water partition coefficient (Wildman–Crippen LogP) is 4.97. The summed E-state index contributed by atoms with van der Waals surface area (Å²) in [4.78, 5) is 18.3. The van der Waals surface area contributed by atoms with Gasteiger partial charge < -0.3 is 0 Å². The lowest BCUT2D eigenvalue weighted by Crippen LogP contribution is -2.35. The summed E-state index contributed by atoms with van der Waals surface area (Å²) in [7, 11) is 0. The van der Waals surface area contributed by atoms with Crippen molar-refractivity contribution in [1.82, 2.24) is 14.7 Å². The van der Waals surface area contributed by atoms with E-state index in [9.17, 15) is 4.79 Å². The van der Waals surface area contributed by atoms with Crippen molar-refractivity contribution in [1.29, 1.82) is 5.41 Å². The van der Waals surface area contributed by atoms with E-state index in [0.29, 0.717) is 21.4 Å². The van der Waals surface area contributed by atoms with E-state index >= 15 is 0 Å². The van der Waals surface area contributed by atoms with Crippen LogP contribution in [0.1, 0.15) is 5.56 Å². The van der Waals surface area contributed by atoms with Crippen LogP contribution >= 0.6 is 23.4 Å². The Morgan fingerprint density at radius 3 is 2.60 bits per heavy atom. The number of hydrogen-bond donors (Lipinski definition) is 1. The third kappa shape index (κ3) is 3.28. The standard InChI is InChI=1S/C22H14ClN5OS/c23-16-8-6-14(7-9-16)19-15(13-28(26-19)17-4-2-1-3-5-17)12-18-20(24)27-10-11-30-22(27)25-21(18)29/h1-13,24H/b18-12-,24-20?. The molecule has 1 N–H and O–H groups in total. The fourth-order valence-electron chi connectivity index (χ4n) is 3.22. The summed E-state index contributed by atoms with van der Waals surface area (Å²) in [5.74, 6) is -0.335. The summed E-state index contributed by atoms with van der Waals surface area (Å²) in [6.45, 7) is 0. The zero-order chi connectivity index (χ0) is 20.7. The molecule has 0 atom stereocenters. The molecule has 3 aromatic rings. The van der Waals surface area contributed by atoms with Gasteiger partial charge in [-0.15, -0.1) is 0 Å². The minimum Gasteiger partial charge on any atom is -0.283 e. The zero-order valence-corrected chi connectivity index (χ0v) is 17.1. The molecule has 0 saturated carbocycles. The molecule has 3 heterocycles. The molecule has 0 unspecified atom stereocenters. The molecule has 0 aliphatic carbocycles. The maximum atomic E-state index is 12.6. The molecule has 0 radical (unpaired) electrons. The van der Waals surface area contributed by atoms with Gasteiger partial charge in [0.1, 0.15) is 5.84 Å². The number of rotatable bonds is 3. The summed E-state index contributed by atoms with van der Waals surface area (Å²) < 4.78 is 1.76. The van der Waals surface area contributed by atoms with Crippen LogP contribution in [0.4, 0.5) is 0 Å². The van der Waals surface area contributed by atoms with Crippen molar-refractivity contribution in [2.24, 2.45) is 4.99 Å². The predicted molar refractivity (Wildman–Crippen MR) is 121 cm³/mol. The minimum atomic E-state index is -0.433. The average Bonchev–Trinajstić information content (AvgIpc) is 3.40. The molecule has 0 spiro atoms. The van der Waals surface area contributed by atoms with E-state index in [1.807, 2.05) is 48.7 Å². The normalized spacial score (nSPS) is 16.9. The molecule has 5 rings (SSSR count). The van der Waals surface area contributed by atoms with Crippen LogP contribution in [0.15, 0.2) is 83.0 Å². The van der Waals surface area contributed by atoms with Crippen LogP contribution in [0.25, 0.3) is 23.0 Å². The molecule has 0 bridgehead atoms. The first-order valence-corrected chi connectivity index (χ1v) is 10.3. The van der Waals surface area contributed by atoms with E-state index in [1.54, 1.807) is 39.4 Å². The van der Waals surface area contributed by atoms with Gasteiger partial charge in [-0.05, 0) is 35.7 Å². The van der Waals surface area contributed by atoms with Crippen LogP contribution in [-0.4, -0.2) is 31.6 Å². The number of aromatic nitrogens is 2. The highest BCUT2D eigenvalue weighted by Gasteiger charge is 2.31. The van der Waals surface area contributed by atoms with Crippen molar-refractivity contribution < 1.29 is 4.79 Å².